The summed E-state index contributed by atoms with van der Waals surface area (Å²) >= 11 is 12.1. The number of nitrogens with zero attached hydrogens (tertiary/aromatic N) is 2. The summed E-state index contributed by atoms with van der Waals surface area (Å²) in [5.41, 5.74) is 5.07. The third-order valence-corrected chi connectivity index (χ3v) is 5.04. The van der Waals surface area contributed by atoms with Crippen LogP contribution in [0.1, 0.15) is 17.0 Å². The zero-order valence-corrected chi connectivity index (χ0v) is 16.8. The zero-order valence-electron chi connectivity index (χ0n) is 15.3. The minimum Gasteiger partial charge on any atom is -0.375 e. The van der Waals surface area contributed by atoms with E-state index < -0.39 is 0 Å². The van der Waals surface area contributed by atoms with Gasteiger partial charge in [0.15, 0.2) is 0 Å². The molecule has 1 aromatic heterocycles. The summed E-state index contributed by atoms with van der Waals surface area (Å²) in [5, 5.41) is 11.3. The molecule has 0 saturated heterocycles. The number of carbonyl (C=O) groups excluding carboxylic acids is 1. The first-order valence-electron chi connectivity index (χ1n) is 8.48. The average Bonchev–Trinajstić information content (AvgIpc) is 2.92. The normalized spacial score (nSPS) is 10.7. The first-order chi connectivity index (χ1) is 12.9. The Bertz CT molecular complexity index is 980. The molecule has 1 heterocycles. The van der Waals surface area contributed by atoms with Crippen molar-refractivity contribution in [1.82, 2.24) is 9.78 Å². The van der Waals surface area contributed by atoms with Crippen LogP contribution in [-0.2, 0) is 4.79 Å². The predicted octanol–water partition coefficient (Wildman–Crippen LogP) is 5.15. The van der Waals surface area contributed by atoms with Crippen LogP contribution in [-0.4, -0.2) is 22.2 Å². The Morgan fingerprint density at radius 2 is 1.78 bits per heavy atom. The molecule has 0 radical (unpaired) electrons. The number of amides is 1. The highest BCUT2D eigenvalue weighted by atomic mass is 35.5. The Labute approximate surface area is 168 Å². The van der Waals surface area contributed by atoms with E-state index in [1.165, 1.54) is 5.56 Å². The van der Waals surface area contributed by atoms with Crippen LogP contribution in [0.25, 0.3) is 5.69 Å². The van der Waals surface area contributed by atoms with Crippen molar-refractivity contribution in [3.63, 3.8) is 0 Å². The summed E-state index contributed by atoms with van der Waals surface area (Å²) in [7, 11) is 0. The summed E-state index contributed by atoms with van der Waals surface area (Å²) in [6.07, 6.45) is 0. The second-order valence-corrected chi connectivity index (χ2v) is 7.08. The fraction of sp³-hybridized carbons (Fsp3) is 0.200. The van der Waals surface area contributed by atoms with Crippen molar-refractivity contribution in [2.75, 3.05) is 17.2 Å². The molecule has 0 atom stereocenters. The summed E-state index contributed by atoms with van der Waals surface area (Å²) in [6, 6.07) is 13.3. The number of aromatic nitrogens is 2. The third-order valence-electron chi connectivity index (χ3n) is 4.23. The maximum absolute atomic E-state index is 12.4. The molecule has 1 amide bonds. The minimum absolute atomic E-state index is 0.0641. The van der Waals surface area contributed by atoms with Crippen molar-refractivity contribution in [1.29, 1.82) is 0 Å². The van der Waals surface area contributed by atoms with E-state index in [1.807, 2.05) is 49.7 Å². The van der Waals surface area contributed by atoms with Crippen LogP contribution in [0.5, 0.6) is 0 Å². The van der Waals surface area contributed by atoms with Gasteiger partial charge in [0.2, 0.25) is 5.91 Å². The first kappa shape index (κ1) is 19.3. The predicted molar refractivity (Wildman–Crippen MR) is 111 cm³/mol. The second-order valence-electron chi connectivity index (χ2n) is 6.30. The van der Waals surface area contributed by atoms with Crippen LogP contribution in [0.2, 0.25) is 10.0 Å². The van der Waals surface area contributed by atoms with Gasteiger partial charge in [0.25, 0.3) is 0 Å². The van der Waals surface area contributed by atoms with Gasteiger partial charge in [-0.05, 0) is 45.0 Å². The topological polar surface area (TPSA) is 59.0 Å². The van der Waals surface area contributed by atoms with Crippen molar-refractivity contribution in [2.45, 2.75) is 20.8 Å². The van der Waals surface area contributed by atoms with Gasteiger partial charge in [0.1, 0.15) is 0 Å². The van der Waals surface area contributed by atoms with E-state index in [0.29, 0.717) is 21.4 Å². The molecule has 0 fully saturated rings. The summed E-state index contributed by atoms with van der Waals surface area (Å²) in [5.74, 6) is -0.194. The quantitative estimate of drug-likeness (QED) is 0.619. The molecular formula is C20H20Cl2N4O. The van der Waals surface area contributed by atoms with Gasteiger partial charge in [-0.3, -0.25) is 4.79 Å². The van der Waals surface area contributed by atoms with Crippen LogP contribution < -0.4 is 10.6 Å². The molecule has 0 unspecified atom stereocenters. The Morgan fingerprint density at radius 3 is 2.48 bits per heavy atom. The van der Waals surface area contributed by atoms with Crippen molar-refractivity contribution in [3.05, 3.63) is 69.5 Å². The lowest BCUT2D eigenvalue weighted by atomic mass is 10.2. The Kier molecular flexibility index (Phi) is 5.73. The monoisotopic (exact) mass is 402 g/mol. The lowest BCUT2D eigenvalue weighted by molar-refractivity contribution is -0.114. The van der Waals surface area contributed by atoms with E-state index >= 15 is 0 Å². The highest BCUT2D eigenvalue weighted by molar-refractivity contribution is 6.43. The Hall–Kier alpha value is -2.50. The SMILES string of the molecule is Cc1ccc(-n2nc(C)c(NC(=O)CNc3cccc(Cl)c3Cl)c2C)cc1. The lowest BCUT2D eigenvalue weighted by Gasteiger charge is -2.10. The molecule has 3 rings (SSSR count). The van der Waals surface area contributed by atoms with Gasteiger partial charge >= 0.3 is 0 Å². The van der Waals surface area contributed by atoms with E-state index in [4.69, 9.17) is 23.2 Å². The second kappa shape index (κ2) is 8.03. The zero-order chi connectivity index (χ0) is 19.6. The van der Waals surface area contributed by atoms with E-state index in [-0.39, 0.29) is 12.5 Å². The molecule has 5 nitrogen and oxygen atoms in total. The van der Waals surface area contributed by atoms with Gasteiger partial charge in [0, 0.05) is 0 Å². The van der Waals surface area contributed by atoms with Crippen molar-refractivity contribution in [3.8, 4) is 5.69 Å². The fourth-order valence-electron chi connectivity index (χ4n) is 2.76. The van der Waals surface area contributed by atoms with Gasteiger partial charge in [-0.1, -0.05) is 47.0 Å². The molecular weight excluding hydrogens is 383 g/mol. The number of aryl methyl sites for hydroxylation is 2. The van der Waals surface area contributed by atoms with Gasteiger partial charge < -0.3 is 10.6 Å². The lowest BCUT2D eigenvalue weighted by Crippen LogP contribution is -2.22. The molecule has 0 saturated carbocycles. The molecule has 7 heteroatoms. The van der Waals surface area contributed by atoms with Gasteiger partial charge in [0.05, 0.1) is 45.0 Å². The van der Waals surface area contributed by atoms with Crippen LogP contribution in [0.4, 0.5) is 11.4 Å². The first-order valence-corrected chi connectivity index (χ1v) is 9.23. The number of benzene rings is 2. The van der Waals surface area contributed by atoms with Crippen molar-refractivity contribution < 1.29 is 4.79 Å². The van der Waals surface area contributed by atoms with Crippen LogP contribution in [0, 0.1) is 20.8 Å². The van der Waals surface area contributed by atoms with E-state index in [2.05, 4.69) is 15.7 Å². The molecule has 0 aliphatic heterocycles. The standard InChI is InChI=1S/C20H20Cl2N4O/c1-12-7-9-15(10-8-12)26-14(3)20(13(2)25-26)24-18(27)11-23-17-6-4-5-16(21)19(17)22/h4-10,23H,11H2,1-3H3,(H,24,27). The van der Waals surface area contributed by atoms with Crippen molar-refractivity contribution in [2.24, 2.45) is 0 Å². The fourth-order valence-corrected chi connectivity index (χ4v) is 3.13. The summed E-state index contributed by atoms with van der Waals surface area (Å²) in [6.45, 7) is 5.90. The van der Waals surface area contributed by atoms with Gasteiger partial charge in [-0.15, -0.1) is 0 Å². The molecule has 2 aromatic carbocycles. The minimum atomic E-state index is -0.194. The number of hydrogen-bond donors (Lipinski definition) is 2. The van der Waals surface area contributed by atoms with Gasteiger partial charge in [-0.2, -0.15) is 5.10 Å². The highest BCUT2D eigenvalue weighted by Crippen LogP contribution is 2.29. The molecule has 2 N–H and O–H groups in total. The van der Waals surface area contributed by atoms with E-state index in [1.54, 1.807) is 18.2 Å². The van der Waals surface area contributed by atoms with E-state index in [9.17, 15) is 4.79 Å². The molecule has 0 bridgehead atoms. The van der Waals surface area contributed by atoms with Crippen molar-refractivity contribution >= 4 is 40.5 Å². The summed E-state index contributed by atoms with van der Waals surface area (Å²) in [4.78, 5) is 12.4. The molecule has 140 valence electrons. The molecule has 3 aromatic rings. The average molecular weight is 403 g/mol. The number of nitrogens with one attached hydrogen (secondary N) is 2. The molecule has 0 aliphatic carbocycles. The number of halogens is 2. The Balaban J connectivity index is 1.73. The third kappa shape index (κ3) is 4.26. The maximum Gasteiger partial charge on any atom is 0.243 e. The number of rotatable bonds is 5. The van der Waals surface area contributed by atoms with E-state index in [0.717, 1.165) is 17.1 Å². The number of carbonyl (C=O) groups is 1. The summed E-state index contributed by atoms with van der Waals surface area (Å²) < 4.78 is 1.83. The maximum atomic E-state index is 12.4. The number of hydrogen-bond acceptors (Lipinski definition) is 3. The largest absolute Gasteiger partial charge is 0.375 e. The van der Waals surface area contributed by atoms with Gasteiger partial charge in [-0.25, -0.2) is 4.68 Å². The molecule has 27 heavy (non-hydrogen) atoms. The smallest absolute Gasteiger partial charge is 0.243 e. The van der Waals surface area contributed by atoms with Crippen LogP contribution >= 0.6 is 23.2 Å². The highest BCUT2D eigenvalue weighted by Gasteiger charge is 2.15. The molecule has 0 aliphatic rings. The van der Waals surface area contributed by atoms with Crippen LogP contribution in [0.15, 0.2) is 42.5 Å². The van der Waals surface area contributed by atoms with Crippen LogP contribution in [0.3, 0.4) is 0 Å². The number of anilines is 2. The molecule has 0 spiro atoms. The Morgan fingerprint density at radius 1 is 1.07 bits per heavy atom.